The van der Waals surface area contributed by atoms with E-state index in [4.69, 9.17) is 18.5 Å². The Morgan fingerprint density at radius 3 is 1.17 bits per heavy atom. The van der Waals surface area contributed by atoms with Gasteiger partial charge in [0, 0.05) is 13.0 Å². The number of phosphoric acid groups is 1. The first-order chi connectivity index (χ1) is 28.5. The van der Waals surface area contributed by atoms with Crippen molar-refractivity contribution in [3.63, 3.8) is 0 Å². The molecule has 1 aliphatic rings. The highest BCUT2D eigenvalue weighted by atomic mass is 31.2. The average molecular weight is 867 g/mol. The second-order valence-corrected chi connectivity index (χ2v) is 18.7. The van der Waals surface area contributed by atoms with Crippen LogP contribution in [0.5, 0.6) is 0 Å². The summed E-state index contributed by atoms with van der Waals surface area (Å²) in [7, 11) is -5.01. The minimum atomic E-state index is -5.01. The molecule has 1 rings (SSSR count). The highest BCUT2D eigenvalue weighted by Crippen LogP contribution is 2.47. The third kappa shape index (κ3) is 30.1. The van der Waals surface area contributed by atoms with Crippen molar-refractivity contribution in [2.24, 2.45) is 0 Å². The lowest BCUT2D eigenvalue weighted by Crippen LogP contribution is -2.64. The standard InChI is InChI=1S/C46H91O12P/c1-3-5-7-9-11-13-15-16-17-18-19-20-21-22-23-24-25-26-27-29-31-33-35-40(47)57-39(37-55-36-34-32-30-28-14-12-10-8-6-4-2)38-56-59(53,54)58-46-44(51)42(49)41(48)43(50)45(46)52/h39,41-46,48-52H,3-38H2,1-2H3,(H,53,54). The van der Waals surface area contributed by atoms with E-state index in [-0.39, 0.29) is 13.0 Å². The summed E-state index contributed by atoms with van der Waals surface area (Å²) in [4.78, 5) is 23.1. The molecule has 0 aliphatic heterocycles. The van der Waals surface area contributed by atoms with Crippen LogP contribution in [-0.2, 0) is 27.9 Å². The van der Waals surface area contributed by atoms with Crippen LogP contribution in [0.1, 0.15) is 226 Å². The molecule has 0 saturated heterocycles. The van der Waals surface area contributed by atoms with Crippen molar-refractivity contribution < 1.29 is 58.3 Å². The van der Waals surface area contributed by atoms with Crippen molar-refractivity contribution >= 4 is 13.8 Å². The molecule has 352 valence electrons. The Morgan fingerprint density at radius 2 is 0.797 bits per heavy atom. The maximum absolute atomic E-state index is 12.8. The summed E-state index contributed by atoms with van der Waals surface area (Å²) < 4.78 is 34.1. The zero-order valence-electron chi connectivity index (χ0n) is 37.6. The summed E-state index contributed by atoms with van der Waals surface area (Å²) in [5, 5.41) is 50.1. The Bertz CT molecular complexity index is 989. The van der Waals surface area contributed by atoms with Crippen LogP contribution in [0, 0.1) is 0 Å². The molecule has 0 aromatic carbocycles. The molecule has 6 unspecified atom stereocenters. The number of aliphatic hydroxyl groups excluding tert-OH is 5. The SMILES string of the molecule is CCCCCCCCCCCCCCCCCCCCCCCCC(=O)OC(COCCCCCCCCCCCC)COP(=O)(O)OC1C(O)C(O)C(O)C(O)C1O. The summed E-state index contributed by atoms with van der Waals surface area (Å²) in [5.41, 5.74) is 0. The number of hydrogen-bond acceptors (Lipinski definition) is 11. The van der Waals surface area contributed by atoms with E-state index in [2.05, 4.69) is 13.8 Å². The van der Waals surface area contributed by atoms with E-state index in [1.165, 1.54) is 161 Å². The largest absolute Gasteiger partial charge is 0.472 e. The van der Waals surface area contributed by atoms with Gasteiger partial charge in [-0.25, -0.2) is 4.57 Å². The quantitative estimate of drug-likeness (QED) is 0.0194. The van der Waals surface area contributed by atoms with Gasteiger partial charge in [0.2, 0.25) is 0 Å². The average Bonchev–Trinajstić information content (AvgIpc) is 3.22. The van der Waals surface area contributed by atoms with Gasteiger partial charge in [0.15, 0.2) is 0 Å². The Labute approximate surface area is 359 Å². The molecule has 0 heterocycles. The summed E-state index contributed by atoms with van der Waals surface area (Å²) in [6.07, 6.45) is 27.6. The van der Waals surface area contributed by atoms with Crippen molar-refractivity contribution in [1.29, 1.82) is 0 Å². The van der Waals surface area contributed by atoms with Gasteiger partial charge in [-0.2, -0.15) is 0 Å². The number of aliphatic hydroxyl groups is 5. The maximum atomic E-state index is 12.8. The van der Waals surface area contributed by atoms with Gasteiger partial charge < -0.3 is 39.9 Å². The van der Waals surface area contributed by atoms with Crippen LogP contribution in [0.3, 0.4) is 0 Å². The molecule has 0 amide bonds. The molecule has 1 saturated carbocycles. The molecule has 13 heteroatoms. The van der Waals surface area contributed by atoms with Crippen LogP contribution in [0.25, 0.3) is 0 Å². The summed E-state index contributed by atoms with van der Waals surface area (Å²) >= 11 is 0. The zero-order valence-corrected chi connectivity index (χ0v) is 38.5. The summed E-state index contributed by atoms with van der Waals surface area (Å²) in [5.74, 6) is -0.471. The fourth-order valence-electron chi connectivity index (χ4n) is 7.83. The number of ether oxygens (including phenoxy) is 2. The smallest absolute Gasteiger partial charge is 0.457 e. The highest BCUT2D eigenvalue weighted by molar-refractivity contribution is 7.47. The van der Waals surface area contributed by atoms with E-state index in [1.54, 1.807) is 0 Å². The third-order valence-electron chi connectivity index (χ3n) is 11.7. The normalized spacial score (nSPS) is 22.4. The van der Waals surface area contributed by atoms with Crippen LogP contribution in [-0.4, -0.2) is 98.9 Å². The molecule has 0 aromatic rings. The molecular formula is C46H91O12P. The minimum absolute atomic E-state index is 0.0686. The molecule has 12 nitrogen and oxygen atoms in total. The second kappa shape index (κ2) is 37.9. The third-order valence-corrected chi connectivity index (χ3v) is 12.7. The van der Waals surface area contributed by atoms with Crippen molar-refractivity contribution in [3.05, 3.63) is 0 Å². The van der Waals surface area contributed by atoms with Gasteiger partial charge in [-0.15, -0.1) is 0 Å². The second-order valence-electron chi connectivity index (χ2n) is 17.3. The Hall–Kier alpha value is -0.660. The summed E-state index contributed by atoms with van der Waals surface area (Å²) in [6, 6.07) is 0. The molecule has 1 fully saturated rings. The van der Waals surface area contributed by atoms with Crippen LogP contribution in [0.15, 0.2) is 0 Å². The van der Waals surface area contributed by atoms with E-state index < -0.39 is 63.1 Å². The monoisotopic (exact) mass is 867 g/mol. The van der Waals surface area contributed by atoms with Gasteiger partial charge in [0.25, 0.3) is 0 Å². The fraction of sp³-hybridized carbons (Fsp3) is 0.978. The van der Waals surface area contributed by atoms with E-state index in [0.29, 0.717) is 13.0 Å². The Balaban J connectivity index is 2.28. The van der Waals surface area contributed by atoms with Gasteiger partial charge in [-0.05, 0) is 12.8 Å². The first kappa shape index (κ1) is 56.4. The van der Waals surface area contributed by atoms with Gasteiger partial charge in [-0.1, -0.05) is 206 Å². The number of phosphoric ester groups is 1. The predicted molar refractivity (Wildman–Crippen MR) is 235 cm³/mol. The first-order valence-electron chi connectivity index (χ1n) is 24.4. The maximum Gasteiger partial charge on any atom is 0.472 e. The zero-order chi connectivity index (χ0) is 43.4. The lowest BCUT2D eigenvalue weighted by atomic mass is 9.85. The van der Waals surface area contributed by atoms with Crippen molar-refractivity contribution in [2.45, 2.75) is 268 Å². The molecule has 0 aromatic heterocycles. The Kier molecular flexibility index (Phi) is 36.2. The van der Waals surface area contributed by atoms with E-state index in [0.717, 1.165) is 38.5 Å². The minimum Gasteiger partial charge on any atom is -0.457 e. The lowest BCUT2D eigenvalue weighted by molar-refractivity contribution is -0.220. The molecule has 59 heavy (non-hydrogen) atoms. The molecule has 1 aliphatic carbocycles. The van der Waals surface area contributed by atoms with Gasteiger partial charge >= 0.3 is 13.8 Å². The number of hydrogen-bond donors (Lipinski definition) is 6. The number of esters is 1. The predicted octanol–water partition coefficient (Wildman–Crippen LogP) is 10.1. The van der Waals surface area contributed by atoms with E-state index in [1.807, 2.05) is 0 Å². The van der Waals surface area contributed by atoms with Gasteiger partial charge in [-0.3, -0.25) is 13.8 Å². The van der Waals surface area contributed by atoms with Crippen molar-refractivity contribution in [1.82, 2.24) is 0 Å². The number of rotatable bonds is 42. The van der Waals surface area contributed by atoms with E-state index in [9.17, 15) is 39.8 Å². The molecule has 0 spiro atoms. The van der Waals surface area contributed by atoms with Crippen LogP contribution < -0.4 is 0 Å². The molecule has 0 radical (unpaired) electrons. The van der Waals surface area contributed by atoms with Crippen LogP contribution in [0.4, 0.5) is 0 Å². The van der Waals surface area contributed by atoms with Crippen LogP contribution >= 0.6 is 7.82 Å². The lowest BCUT2D eigenvalue weighted by Gasteiger charge is -2.41. The van der Waals surface area contributed by atoms with Crippen molar-refractivity contribution in [3.8, 4) is 0 Å². The highest BCUT2D eigenvalue weighted by Gasteiger charge is 2.51. The molecule has 0 bridgehead atoms. The van der Waals surface area contributed by atoms with Gasteiger partial charge in [0.1, 0.15) is 42.7 Å². The summed E-state index contributed by atoms with van der Waals surface area (Å²) in [6.45, 7) is 4.28. The molecular weight excluding hydrogens is 775 g/mol. The van der Waals surface area contributed by atoms with E-state index >= 15 is 0 Å². The first-order valence-corrected chi connectivity index (χ1v) is 25.9. The topological polar surface area (TPSA) is 192 Å². The molecule has 6 N–H and O–H groups in total. The fourth-order valence-corrected chi connectivity index (χ4v) is 8.80. The molecule has 6 atom stereocenters. The number of unbranched alkanes of at least 4 members (excludes halogenated alkanes) is 30. The number of carbonyl (C=O) groups excluding carboxylic acids is 1. The van der Waals surface area contributed by atoms with Crippen LogP contribution in [0.2, 0.25) is 0 Å². The number of carbonyl (C=O) groups is 1. The van der Waals surface area contributed by atoms with Crippen molar-refractivity contribution in [2.75, 3.05) is 19.8 Å². The Morgan fingerprint density at radius 1 is 0.475 bits per heavy atom. The van der Waals surface area contributed by atoms with Gasteiger partial charge in [0.05, 0.1) is 13.2 Å².